The van der Waals surface area contributed by atoms with Crippen molar-refractivity contribution in [3.8, 4) is 0 Å². The van der Waals surface area contributed by atoms with Gasteiger partial charge >= 0.3 is 31.4 Å². The summed E-state index contributed by atoms with van der Waals surface area (Å²) >= 11 is 0. The van der Waals surface area contributed by atoms with Crippen LogP contribution in [-0.2, 0) is 71.0 Å². The zero-order chi connectivity index (χ0) is 53.5. The Labute approximate surface area is 408 Å². The summed E-state index contributed by atoms with van der Waals surface area (Å²) in [5, 5.41) is 58.6. The third kappa shape index (κ3) is 20.7. The second-order valence-corrected chi connectivity index (χ2v) is 22.2. The molecule has 0 radical (unpaired) electrons. The fourth-order valence-corrected chi connectivity index (χ4v) is 8.18. The summed E-state index contributed by atoms with van der Waals surface area (Å²) in [7, 11) is -6.79. The van der Waals surface area contributed by atoms with Crippen molar-refractivity contribution in [1.82, 2.24) is 10.6 Å². The summed E-state index contributed by atoms with van der Waals surface area (Å²) in [6.45, 7) is 15.6. The van der Waals surface area contributed by atoms with Crippen LogP contribution in [0.2, 0.25) is 0 Å². The van der Waals surface area contributed by atoms with Crippen LogP contribution in [0.3, 0.4) is 0 Å². The van der Waals surface area contributed by atoms with Crippen LogP contribution in [0.1, 0.15) is 94.4 Å². The standard InChI is InChI=1S/C43H74N2O23P2/c1-19(2)12-22(7)27(63-40(55)21(5)6)16-31(51)45-35-39(67-32(52)13-23(8)62-43(57)69(10)11)37(68-70(58,59)60)28(17-46)65-42(35)61-18-29-36(54)38(66-33(53)15-26(49)24(9)47)34(41(56)64-29)44-30(50)14-25(48)20(3)4/h19-23,25-29,34-39,41-42,46,48-49,54,56H,12-18H2,1-11H3,(H,44,50)(H,45,51)(H2,58,59,60)/t22?,23-,25+,26+,27+,28?,29?,34?,35?,36?,37?,38?,39?,41?,42?/m1/s1. The number of aliphatic hydroxyl groups excluding tert-OH is 5. The molecule has 0 aromatic carbocycles. The average molecular weight is 1050 g/mol. The smallest absolute Gasteiger partial charge is 0.461 e. The molecule has 0 spiro atoms. The fourth-order valence-electron chi connectivity index (χ4n) is 7.22. The first-order valence-electron chi connectivity index (χ1n) is 22.9. The van der Waals surface area contributed by atoms with E-state index in [0.29, 0.717) is 6.42 Å². The van der Waals surface area contributed by atoms with Gasteiger partial charge in [-0.25, -0.2) is 9.36 Å². The molecule has 2 amide bonds. The molecule has 0 aromatic heterocycles. The number of hydrogen-bond donors (Lipinski definition) is 9. The minimum Gasteiger partial charge on any atom is -0.461 e. The van der Waals surface area contributed by atoms with E-state index in [1.165, 1.54) is 6.92 Å². The third-order valence-electron chi connectivity index (χ3n) is 11.1. The van der Waals surface area contributed by atoms with E-state index in [1.54, 1.807) is 47.9 Å². The molecule has 2 aliphatic rings. The maximum atomic E-state index is 14.2. The number of hydrogen-bond acceptors (Lipinski definition) is 21. The van der Waals surface area contributed by atoms with E-state index in [2.05, 4.69) is 10.6 Å². The van der Waals surface area contributed by atoms with E-state index in [-0.39, 0.29) is 11.8 Å². The SMILES string of the molecule is CC(=O)[C@@H](O)CC(=O)OC1C(O)C(COC2OC(CO)C(OP(=O)(O)O)C(OC(=O)C[C@@H](C)OC(=O)P(C)C)C2NC(=O)C[C@H](OC(=O)C(C)C)C(C)CC(C)C)OC(O)C1NC(=O)C[C@H](O)C(C)C. The van der Waals surface area contributed by atoms with Gasteiger partial charge in [-0.2, -0.15) is 0 Å². The molecule has 0 aromatic rings. The quantitative estimate of drug-likeness (QED) is 0.0299. The minimum atomic E-state index is -5.55. The number of carbonyl (C=O) groups is 7. The molecule has 0 aliphatic carbocycles. The first-order valence-corrected chi connectivity index (χ1v) is 26.7. The number of carbonyl (C=O) groups excluding carboxylic acids is 7. The van der Waals surface area contributed by atoms with Crippen molar-refractivity contribution < 1.29 is 111 Å². The summed E-state index contributed by atoms with van der Waals surface area (Å²) < 4.78 is 57.1. The van der Waals surface area contributed by atoms with Gasteiger partial charge in [0.1, 0.15) is 54.8 Å². The maximum absolute atomic E-state index is 14.2. The second kappa shape index (κ2) is 28.8. The van der Waals surface area contributed by atoms with E-state index in [0.717, 1.165) is 6.92 Å². The van der Waals surface area contributed by atoms with Crippen LogP contribution in [0.25, 0.3) is 0 Å². The van der Waals surface area contributed by atoms with Gasteiger partial charge in [-0.05, 0) is 51.4 Å². The van der Waals surface area contributed by atoms with Crippen LogP contribution in [0.5, 0.6) is 0 Å². The molecule has 0 bridgehead atoms. The van der Waals surface area contributed by atoms with Crippen molar-refractivity contribution >= 4 is 57.0 Å². The monoisotopic (exact) mass is 1050 g/mol. The number of phosphoric ester groups is 1. The van der Waals surface area contributed by atoms with Gasteiger partial charge in [0.25, 0.3) is 0 Å². The summed E-state index contributed by atoms with van der Waals surface area (Å²) in [5.41, 5.74) is -0.607. The summed E-state index contributed by atoms with van der Waals surface area (Å²) in [6.07, 6.45) is -22.9. The molecule has 2 aliphatic heterocycles. The first-order chi connectivity index (χ1) is 32.3. The number of aliphatic hydroxyl groups is 5. The molecular formula is C43H74N2O23P2. The zero-order valence-electron chi connectivity index (χ0n) is 41.4. The lowest BCUT2D eigenvalue weighted by atomic mass is 9.91. The lowest BCUT2D eigenvalue weighted by molar-refractivity contribution is -0.298. The van der Waals surface area contributed by atoms with Gasteiger partial charge in [0.2, 0.25) is 11.8 Å². The molecule has 404 valence electrons. The maximum Gasteiger partial charge on any atom is 0.470 e. The minimum absolute atomic E-state index is 0.0892. The molecule has 27 heteroatoms. The Kier molecular flexibility index (Phi) is 25.9. The Morgan fingerprint density at radius 3 is 1.84 bits per heavy atom. The Morgan fingerprint density at radius 1 is 0.743 bits per heavy atom. The predicted molar refractivity (Wildman–Crippen MR) is 243 cm³/mol. The molecule has 0 saturated carbocycles. The summed E-state index contributed by atoms with van der Waals surface area (Å²) in [5.74, 6) is -6.93. The number of esters is 3. The number of amides is 2. The number of Topliss-reactive ketones (excluding diaryl/α,β-unsaturated/α-hetero) is 1. The number of rotatable bonds is 27. The van der Waals surface area contributed by atoms with Crippen molar-refractivity contribution in [1.29, 1.82) is 0 Å². The Morgan fingerprint density at radius 2 is 1.31 bits per heavy atom. The summed E-state index contributed by atoms with van der Waals surface area (Å²) in [6, 6.07) is -3.59. The molecule has 2 heterocycles. The molecule has 25 nitrogen and oxygen atoms in total. The fraction of sp³-hybridized carbons (Fsp3) is 0.837. The number of phosphoric acid groups is 1. The molecule has 2 rings (SSSR count). The van der Waals surface area contributed by atoms with Gasteiger partial charge in [0.15, 0.2) is 30.6 Å². The van der Waals surface area contributed by atoms with Crippen molar-refractivity contribution in [3.05, 3.63) is 0 Å². The highest BCUT2D eigenvalue weighted by atomic mass is 31.2. The van der Waals surface area contributed by atoms with E-state index >= 15 is 0 Å². The van der Waals surface area contributed by atoms with Gasteiger partial charge in [-0.1, -0.05) is 48.5 Å². The van der Waals surface area contributed by atoms with Crippen LogP contribution in [0, 0.1) is 23.7 Å². The van der Waals surface area contributed by atoms with Crippen LogP contribution < -0.4 is 10.6 Å². The van der Waals surface area contributed by atoms with E-state index in [9.17, 15) is 73.4 Å². The Hall–Kier alpha value is -3.29. The molecule has 9 N–H and O–H groups in total. The predicted octanol–water partition coefficient (Wildman–Crippen LogP) is 0.113. The van der Waals surface area contributed by atoms with E-state index < -0.39 is 193 Å². The lowest BCUT2D eigenvalue weighted by Crippen LogP contribution is -2.68. The van der Waals surface area contributed by atoms with Gasteiger partial charge in [-0.15, -0.1) is 0 Å². The van der Waals surface area contributed by atoms with Crippen LogP contribution >= 0.6 is 15.7 Å². The van der Waals surface area contributed by atoms with E-state index in [1.807, 2.05) is 13.8 Å². The number of ketones is 1. The highest BCUT2D eigenvalue weighted by Crippen LogP contribution is 2.42. The normalized spacial score (nSPS) is 27.2. The molecule has 70 heavy (non-hydrogen) atoms. The van der Waals surface area contributed by atoms with Gasteiger partial charge < -0.3 is 79.1 Å². The Balaban J connectivity index is 2.69. The summed E-state index contributed by atoms with van der Waals surface area (Å²) in [4.78, 5) is 111. The largest absolute Gasteiger partial charge is 0.470 e. The zero-order valence-corrected chi connectivity index (χ0v) is 43.2. The first kappa shape index (κ1) is 62.8. The van der Waals surface area contributed by atoms with Crippen molar-refractivity contribution in [2.45, 2.75) is 180 Å². The topological polar surface area (TPSA) is 376 Å². The molecule has 2 saturated heterocycles. The van der Waals surface area contributed by atoms with Gasteiger partial charge in [0, 0.05) is 7.92 Å². The van der Waals surface area contributed by atoms with Crippen LogP contribution in [0.15, 0.2) is 0 Å². The van der Waals surface area contributed by atoms with E-state index in [4.69, 9.17) is 37.7 Å². The van der Waals surface area contributed by atoms with Crippen LogP contribution in [-0.4, -0.2) is 189 Å². The molecule has 15 atom stereocenters. The molecule has 11 unspecified atom stereocenters. The third-order valence-corrected chi connectivity index (χ3v) is 12.5. The lowest BCUT2D eigenvalue weighted by Gasteiger charge is -2.46. The van der Waals surface area contributed by atoms with Crippen LogP contribution in [0.4, 0.5) is 4.79 Å². The van der Waals surface area contributed by atoms with Crippen molar-refractivity contribution in [2.75, 3.05) is 26.5 Å². The Bertz CT molecular complexity index is 1800. The highest BCUT2D eigenvalue weighted by Gasteiger charge is 2.54. The van der Waals surface area contributed by atoms with Crippen molar-refractivity contribution in [2.24, 2.45) is 23.7 Å². The highest BCUT2D eigenvalue weighted by molar-refractivity contribution is 7.72. The number of ether oxygens (including phenoxy) is 7. The van der Waals surface area contributed by atoms with Crippen molar-refractivity contribution in [3.63, 3.8) is 0 Å². The average Bonchev–Trinajstić information content (AvgIpc) is 3.22. The van der Waals surface area contributed by atoms with Gasteiger partial charge in [0.05, 0.1) is 50.9 Å². The number of nitrogens with one attached hydrogen (secondary N) is 2. The van der Waals surface area contributed by atoms with Gasteiger partial charge in [-0.3, -0.25) is 33.3 Å². The molecular weight excluding hydrogens is 974 g/mol. The second-order valence-electron chi connectivity index (χ2n) is 18.9. The molecule has 2 fully saturated rings.